The molecule has 0 aliphatic rings. The van der Waals surface area contributed by atoms with E-state index in [-0.39, 0.29) is 17.4 Å². The fourth-order valence-electron chi connectivity index (χ4n) is 2.01. The molecule has 0 heterocycles. The molecule has 0 saturated heterocycles. The van der Waals surface area contributed by atoms with Crippen molar-refractivity contribution in [1.29, 1.82) is 0 Å². The molecule has 4 heteroatoms. The highest BCUT2D eigenvalue weighted by atomic mass is 32.2. The van der Waals surface area contributed by atoms with Gasteiger partial charge in [0.2, 0.25) is 0 Å². The van der Waals surface area contributed by atoms with Crippen LogP contribution in [-0.2, 0) is 20.7 Å². The molecule has 2 rings (SSSR count). The molecule has 114 valence electrons. The number of hydrogen-bond donors (Lipinski definition) is 0. The number of terminal acetylenes is 1. The average molecular weight is 314 g/mol. The third-order valence-corrected chi connectivity index (χ3v) is 4.59. The zero-order valence-electron chi connectivity index (χ0n) is 12.4. The highest BCUT2D eigenvalue weighted by molar-refractivity contribution is 7.86. The molecule has 1 unspecified atom stereocenters. The van der Waals surface area contributed by atoms with E-state index in [0.717, 1.165) is 11.1 Å². The topological polar surface area (TPSA) is 43.4 Å². The van der Waals surface area contributed by atoms with Gasteiger partial charge in [0.05, 0.1) is 11.5 Å². The monoisotopic (exact) mass is 314 g/mol. The van der Waals surface area contributed by atoms with Crippen molar-refractivity contribution in [2.24, 2.45) is 5.92 Å². The maximum absolute atomic E-state index is 12.1. The van der Waals surface area contributed by atoms with Crippen molar-refractivity contribution in [3.05, 3.63) is 65.7 Å². The van der Waals surface area contributed by atoms with Crippen LogP contribution >= 0.6 is 0 Å². The van der Waals surface area contributed by atoms with Gasteiger partial charge in [0.15, 0.2) is 0 Å². The van der Waals surface area contributed by atoms with Gasteiger partial charge < -0.3 is 0 Å². The summed E-state index contributed by atoms with van der Waals surface area (Å²) in [5.74, 6) is 2.31. The molecule has 2 aromatic rings. The second-order valence-electron chi connectivity index (χ2n) is 5.11. The lowest BCUT2D eigenvalue weighted by Gasteiger charge is -2.12. The highest BCUT2D eigenvalue weighted by Crippen LogP contribution is 2.16. The minimum atomic E-state index is -3.77. The predicted octanol–water partition coefficient (Wildman–Crippen LogP) is 3.19. The Hall–Kier alpha value is -2.09. The van der Waals surface area contributed by atoms with Gasteiger partial charge in [0.1, 0.15) is 0 Å². The van der Waals surface area contributed by atoms with Crippen molar-refractivity contribution < 1.29 is 12.6 Å². The van der Waals surface area contributed by atoms with Gasteiger partial charge >= 0.3 is 0 Å². The van der Waals surface area contributed by atoms with Crippen LogP contribution in [0.25, 0.3) is 0 Å². The van der Waals surface area contributed by atoms with Crippen LogP contribution < -0.4 is 0 Å². The lowest BCUT2D eigenvalue weighted by molar-refractivity contribution is 0.283. The molecule has 0 aliphatic heterocycles. The van der Waals surface area contributed by atoms with E-state index in [4.69, 9.17) is 10.6 Å². The Bertz CT molecular complexity index is 741. The van der Waals surface area contributed by atoms with E-state index in [1.54, 1.807) is 12.1 Å². The smallest absolute Gasteiger partial charge is 0.265 e. The molecule has 1 atom stereocenters. The van der Waals surface area contributed by atoms with Gasteiger partial charge in [0, 0.05) is 5.92 Å². The van der Waals surface area contributed by atoms with Gasteiger partial charge in [-0.3, -0.25) is 4.18 Å². The lowest BCUT2D eigenvalue weighted by Crippen LogP contribution is -2.15. The molecule has 22 heavy (non-hydrogen) atoms. The Morgan fingerprint density at radius 2 is 1.73 bits per heavy atom. The largest absolute Gasteiger partial charge is 0.297 e. The van der Waals surface area contributed by atoms with Gasteiger partial charge in [-0.25, -0.2) is 0 Å². The van der Waals surface area contributed by atoms with Gasteiger partial charge in [-0.2, -0.15) is 8.42 Å². The summed E-state index contributed by atoms with van der Waals surface area (Å²) in [5.41, 5.74) is 2.05. The molecule has 2 aromatic carbocycles. The van der Waals surface area contributed by atoms with E-state index < -0.39 is 10.1 Å². The molecule has 0 saturated carbocycles. The lowest BCUT2D eigenvalue weighted by atomic mass is 10.0. The first-order valence-electron chi connectivity index (χ1n) is 6.97. The Morgan fingerprint density at radius 3 is 2.32 bits per heavy atom. The summed E-state index contributed by atoms with van der Waals surface area (Å²) in [6.07, 6.45) is 6.07. The molecular weight excluding hydrogens is 296 g/mol. The molecule has 0 radical (unpaired) electrons. The van der Waals surface area contributed by atoms with E-state index in [0.29, 0.717) is 6.42 Å². The predicted molar refractivity (Wildman–Crippen MR) is 86.8 cm³/mol. The normalized spacial score (nSPS) is 12.5. The quantitative estimate of drug-likeness (QED) is 0.607. The van der Waals surface area contributed by atoms with Gasteiger partial charge in [0.25, 0.3) is 10.1 Å². The number of hydrogen-bond acceptors (Lipinski definition) is 3. The minimum absolute atomic E-state index is 0.0262. The van der Waals surface area contributed by atoms with Crippen LogP contribution in [0, 0.1) is 25.2 Å². The SMILES string of the molecule is C#CC(COS(=O)(=O)c1ccc(C)cc1)Cc1ccccc1. The van der Waals surface area contributed by atoms with Crippen LogP contribution in [0.5, 0.6) is 0 Å². The first-order valence-corrected chi connectivity index (χ1v) is 8.38. The Kier molecular flexibility index (Phi) is 5.37. The Balaban J connectivity index is 2.01. The second-order valence-corrected chi connectivity index (χ2v) is 6.72. The van der Waals surface area contributed by atoms with E-state index in [1.165, 1.54) is 12.1 Å². The number of benzene rings is 2. The van der Waals surface area contributed by atoms with Crippen LogP contribution in [-0.4, -0.2) is 15.0 Å². The van der Waals surface area contributed by atoms with Crippen LogP contribution in [0.1, 0.15) is 11.1 Å². The molecule has 3 nitrogen and oxygen atoms in total. The van der Waals surface area contributed by atoms with Crippen LogP contribution in [0.2, 0.25) is 0 Å². The molecule has 0 bridgehead atoms. The van der Waals surface area contributed by atoms with E-state index >= 15 is 0 Å². The van der Waals surface area contributed by atoms with Gasteiger partial charge in [-0.05, 0) is 31.0 Å². The summed E-state index contributed by atoms with van der Waals surface area (Å²) in [5, 5.41) is 0. The molecule has 0 amide bonds. The second kappa shape index (κ2) is 7.26. The zero-order chi connectivity index (χ0) is 16.0. The van der Waals surface area contributed by atoms with Crippen molar-refractivity contribution in [2.75, 3.05) is 6.61 Å². The molecule has 0 N–H and O–H groups in total. The standard InChI is InChI=1S/C18H18O3S/c1-3-16(13-17-7-5-4-6-8-17)14-21-22(19,20)18-11-9-15(2)10-12-18/h1,4-12,16H,13-14H2,2H3. The fourth-order valence-corrected chi connectivity index (χ4v) is 2.96. The van der Waals surface area contributed by atoms with Crippen LogP contribution in [0.3, 0.4) is 0 Å². The minimum Gasteiger partial charge on any atom is -0.265 e. The number of rotatable bonds is 6. The summed E-state index contributed by atoms with van der Waals surface area (Å²) < 4.78 is 29.4. The molecular formula is C18H18O3S. The summed E-state index contributed by atoms with van der Waals surface area (Å²) in [4.78, 5) is 0.147. The van der Waals surface area contributed by atoms with E-state index in [2.05, 4.69) is 5.92 Å². The fraction of sp³-hybridized carbons (Fsp3) is 0.222. The maximum Gasteiger partial charge on any atom is 0.297 e. The third-order valence-electron chi connectivity index (χ3n) is 3.29. The van der Waals surface area contributed by atoms with E-state index in [1.807, 2.05) is 37.3 Å². The van der Waals surface area contributed by atoms with Crippen LogP contribution in [0.15, 0.2) is 59.5 Å². The molecule has 0 aromatic heterocycles. The van der Waals surface area contributed by atoms with Gasteiger partial charge in [-0.15, -0.1) is 12.3 Å². The first kappa shape index (κ1) is 16.3. The summed E-state index contributed by atoms with van der Waals surface area (Å²) >= 11 is 0. The van der Waals surface area contributed by atoms with E-state index in [9.17, 15) is 8.42 Å². The third kappa shape index (κ3) is 4.45. The van der Waals surface area contributed by atoms with Crippen molar-refractivity contribution in [1.82, 2.24) is 0 Å². The zero-order valence-corrected chi connectivity index (χ0v) is 13.2. The van der Waals surface area contributed by atoms with Crippen molar-refractivity contribution >= 4 is 10.1 Å². The number of aryl methyl sites for hydroxylation is 1. The Morgan fingerprint density at radius 1 is 1.09 bits per heavy atom. The molecule has 0 spiro atoms. The van der Waals surface area contributed by atoms with Crippen LogP contribution in [0.4, 0.5) is 0 Å². The van der Waals surface area contributed by atoms with Crippen molar-refractivity contribution in [3.8, 4) is 12.3 Å². The molecule has 0 aliphatic carbocycles. The first-order chi connectivity index (χ1) is 10.5. The Labute approximate surface area is 132 Å². The summed E-state index contributed by atoms with van der Waals surface area (Å²) in [7, 11) is -3.77. The van der Waals surface area contributed by atoms with Crippen molar-refractivity contribution in [3.63, 3.8) is 0 Å². The average Bonchev–Trinajstić information content (AvgIpc) is 2.53. The maximum atomic E-state index is 12.1. The summed E-state index contributed by atoms with van der Waals surface area (Å²) in [6, 6.07) is 16.2. The van der Waals surface area contributed by atoms with Crippen molar-refractivity contribution in [2.45, 2.75) is 18.2 Å². The van der Waals surface area contributed by atoms with Gasteiger partial charge in [-0.1, -0.05) is 48.0 Å². The summed E-state index contributed by atoms with van der Waals surface area (Å²) in [6.45, 7) is 1.87. The highest BCUT2D eigenvalue weighted by Gasteiger charge is 2.17. The molecule has 0 fully saturated rings.